The van der Waals surface area contributed by atoms with E-state index in [9.17, 15) is 14.7 Å². The molecule has 1 aliphatic rings. The van der Waals surface area contributed by atoms with Crippen LogP contribution in [0.25, 0.3) is 0 Å². The zero-order valence-electron chi connectivity index (χ0n) is 14.4. The molecule has 0 saturated carbocycles. The van der Waals surface area contributed by atoms with Gasteiger partial charge in [-0.15, -0.1) is 0 Å². The molecule has 142 valence electrons. The predicted molar refractivity (Wildman–Crippen MR) is 105 cm³/mol. The van der Waals surface area contributed by atoms with Crippen LogP contribution in [-0.2, 0) is 10.4 Å². The zero-order valence-corrected chi connectivity index (χ0v) is 15.9. The van der Waals surface area contributed by atoms with E-state index in [1.165, 1.54) is 17.0 Å². The maximum Gasteiger partial charge on any atom is 0.268 e. The van der Waals surface area contributed by atoms with E-state index in [1.54, 1.807) is 24.3 Å². The average molecular weight is 408 g/mol. The lowest BCUT2D eigenvalue weighted by molar-refractivity contribution is -0.132. The number of halogens is 2. The van der Waals surface area contributed by atoms with Crippen molar-refractivity contribution in [3.8, 4) is 0 Å². The molecule has 2 aromatic rings. The van der Waals surface area contributed by atoms with Crippen molar-refractivity contribution in [3.05, 3.63) is 63.1 Å². The molecule has 0 saturated heterocycles. The van der Waals surface area contributed by atoms with Gasteiger partial charge in [0.25, 0.3) is 5.91 Å². The summed E-state index contributed by atoms with van der Waals surface area (Å²) in [6.07, 6.45) is 1.32. The predicted octanol–water partition coefficient (Wildman–Crippen LogP) is 2.41. The largest absolute Gasteiger partial charge is 0.372 e. The summed E-state index contributed by atoms with van der Waals surface area (Å²) < 4.78 is 0. The van der Waals surface area contributed by atoms with Gasteiger partial charge in [-0.2, -0.15) is 0 Å². The number of rotatable bonds is 6. The Hall–Kier alpha value is -2.12. The number of benzene rings is 2. The fourth-order valence-corrected chi connectivity index (χ4v) is 3.98. The van der Waals surface area contributed by atoms with Crippen molar-refractivity contribution < 1.29 is 14.7 Å². The van der Waals surface area contributed by atoms with Crippen LogP contribution in [0, 0.1) is 0 Å². The first-order valence-corrected chi connectivity index (χ1v) is 9.21. The van der Waals surface area contributed by atoms with Crippen LogP contribution in [0.1, 0.15) is 34.3 Å². The third-order valence-corrected chi connectivity index (χ3v) is 5.29. The molecule has 3 rings (SSSR count). The lowest BCUT2D eigenvalue weighted by atomic mass is 9.87. The minimum atomic E-state index is -2.05. The Balaban J connectivity index is 2.23. The van der Waals surface area contributed by atoms with Gasteiger partial charge in [-0.25, -0.2) is 0 Å². The highest BCUT2D eigenvalue weighted by atomic mass is 35.5. The Morgan fingerprint density at radius 3 is 2.48 bits per heavy atom. The number of amides is 2. The summed E-state index contributed by atoms with van der Waals surface area (Å²) >= 11 is 12.7. The molecule has 6 nitrogen and oxygen atoms in total. The number of nitrogens with two attached hydrogens (primary N) is 2. The summed E-state index contributed by atoms with van der Waals surface area (Å²) in [5, 5.41) is 11.8. The number of primary amides is 1. The number of carbonyl (C=O) groups excluding carboxylic acids is 2. The van der Waals surface area contributed by atoms with E-state index < -0.39 is 17.4 Å². The maximum atomic E-state index is 13.3. The van der Waals surface area contributed by atoms with E-state index in [0.29, 0.717) is 31.6 Å². The second kappa shape index (κ2) is 7.48. The minimum Gasteiger partial charge on any atom is -0.372 e. The Bertz CT molecular complexity index is 919. The molecule has 5 N–H and O–H groups in total. The molecule has 8 heteroatoms. The second-order valence-electron chi connectivity index (χ2n) is 6.36. The van der Waals surface area contributed by atoms with E-state index in [1.807, 2.05) is 0 Å². The number of anilines is 1. The molecule has 0 fully saturated rings. The van der Waals surface area contributed by atoms with Gasteiger partial charge in [-0.05, 0) is 37.6 Å². The first kappa shape index (κ1) is 19.6. The van der Waals surface area contributed by atoms with Crippen molar-refractivity contribution in [2.75, 3.05) is 18.0 Å². The lowest BCUT2D eigenvalue weighted by Crippen LogP contribution is -2.42. The third kappa shape index (κ3) is 3.19. The van der Waals surface area contributed by atoms with Gasteiger partial charge in [0.15, 0.2) is 5.60 Å². The Labute approximate surface area is 166 Å². The van der Waals surface area contributed by atoms with Crippen molar-refractivity contribution in [3.63, 3.8) is 0 Å². The van der Waals surface area contributed by atoms with Crippen LogP contribution in [0.5, 0.6) is 0 Å². The molecule has 0 radical (unpaired) electrons. The van der Waals surface area contributed by atoms with E-state index in [4.69, 9.17) is 34.7 Å². The topological polar surface area (TPSA) is 110 Å². The molecule has 1 aliphatic heterocycles. The summed E-state index contributed by atoms with van der Waals surface area (Å²) in [4.78, 5) is 26.3. The van der Waals surface area contributed by atoms with Gasteiger partial charge >= 0.3 is 0 Å². The lowest BCUT2D eigenvalue weighted by Gasteiger charge is -2.25. The van der Waals surface area contributed by atoms with Crippen molar-refractivity contribution >= 4 is 40.7 Å². The number of fused-ring (bicyclic) bond motifs is 1. The van der Waals surface area contributed by atoms with Gasteiger partial charge in [0, 0.05) is 28.3 Å². The first-order chi connectivity index (χ1) is 12.8. The SMILES string of the molecule is NCCCCN1C(=O)C(O)(c2ccccc2Cl)c2c(Cl)cc(C(N)=O)cc21. The van der Waals surface area contributed by atoms with Gasteiger partial charge in [0.1, 0.15) is 0 Å². The molecule has 27 heavy (non-hydrogen) atoms. The quantitative estimate of drug-likeness (QED) is 0.638. The zero-order chi connectivity index (χ0) is 19.8. The first-order valence-electron chi connectivity index (χ1n) is 8.45. The normalized spacial score (nSPS) is 18.7. The maximum absolute atomic E-state index is 13.3. The smallest absolute Gasteiger partial charge is 0.268 e. The summed E-state index contributed by atoms with van der Waals surface area (Å²) in [6.45, 7) is 0.792. The second-order valence-corrected chi connectivity index (χ2v) is 7.17. The molecule has 0 spiro atoms. The van der Waals surface area contributed by atoms with Gasteiger partial charge in [0.2, 0.25) is 5.91 Å². The van der Waals surface area contributed by atoms with Crippen LogP contribution in [0.3, 0.4) is 0 Å². The van der Waals surface area contributed by atoms with Gasteiger partial charge < -0.3 is 21.5 Å². The molecular formula is C19H19Cl2N3O3. The standard InChI is InChI=1S/C19H19Cl2N3O3/c20-13-6-2-1-5-12(13)19(27)16-14(21)9-11(17(23)25)10-15(16)24(18(19)26)8-4-3-7-22/h1-2,5-6,9-10,27H,3-4,7-8,22H2,(H2,23,25). The highest BCUT2D eigenvalue weighted by molar-refractivity contribution is 6.35. The van der Waals surface area contributed by atoms with E-state index in [-0.39, 0.29) is 26.7 Å². The number of carbonyl (C=O) groups is 2. The third-order valence-electron chi connectivity index (χ3n) is 4.66. The van der Waals surface area contributed by atoms with Crippen LogP contribution >= 0.6 is 23.2 Å². The van der Waals surface area contributed by atoms with E-state index in [0.717, 1.165) is 0 Å². The minimum absolute atomic E-state index is 0.0680. The van der Waals surface area contributed by atoms with Gasteiger partial charge in [-0.1, -0.05) is 41.4 Å². The van der Waals surface area contributed by atoms with E-state index >= 15 is 0 Å². The Morgan fingerprint density at radius 2 is 1.85 bits per heavy atom. The Morgan fingerprint density at radius 1 is 1.15 bits per heavy atom. The number of unbranched alkanes of at least 4 members (excludes halogenated alkanes) is 1. The molecule has 0 aliphatic carbocycles. The van der Waals surface area contributed by atoms with Crippen LogP contribution in [0.2, 0.25) is 10.0 Å². The molecule has 0 aromatic heterocycles. The fraction of sp³-hybridized carbons (Fsp3) is 0.263. The molecular weight excluding hydrogens is 389 g/mol. The van der Waals surface area contributed by atoms with Crippen molar-refractivity contribution in [2.45, 2.75) is 18.4 Å². The molecule has 1 unspecified atom stereocenters. The molecule has 1 heterocycles. The number of aliphatic hydroxyl groups is 1. The van der Waals surface area contributed by atoms with Gasteiger partial charge in [0.05, 0.1) is 10.7 Å². The van der Waals surface area contributed by atoms with Crippen LogP contribution in [0.15, 0.2) is 36.4 Å². The highest BCUT2D eigenvalue weighted by Gasteiger charge is 2.53. The number of hydrogen-bond donors (Lipinski definition) is 3. The summed E-state index contributed by atoms with van der Waals surface area (Å²) in [6, 6.07) is 9.36. The van der Waals surface area contributed by atoms with Crippen LogP contribution in [0.4, 0.5) is 5.69 Å². The van der Waals surface area contributed by atoms with E-state index in [2.05, 4.69) is 0 Å². The molecule has 2 amide bonds. The van der Waals surface area contributed by atoms with Crippen molar-refractivity contribution in [2.24, 2.45) is 11.5 Å². The average Bonchev–Trinajstić information content (AvgIpc) is 2.85. The molecule has 2 aromatic carbocycles. The highest BCUT2D eigenvalue weighted by Crippen LogP contribution is 2.49. The molecule has 0 bridgehead atoms. The summed E-state index contributed by atoms with van der Waals surface area (Å²) in [5.74, 6) is -1.26. The monoisotopic (exact) mass is 407 g/mol. The van der Waals surface area contributed by atoms with Gasteiger partial charge in [-0.3, -0.25) is 9.59 Å². The number of nitrogens with zero attached hydrogens (tertiary/aromatic N) is 1. The number of hydrogen-bond acceptors (Lipinski definition) is 4. The summed E-state index contributed by atoms with van der Waals surface area (Å²) in [7, 11) is 0. The Kier molecular flexibility index (Phi) is 5.44. The van der Waals surface area contributed by atoms with Crippen LogP contribution < -0.4 is 16.4 Å². The molecule has 1 atom stereocenters. The summed E-state index contributed by atoms with van der Waals surface area (Å²) in [5.41, 5.74) is 9.79. The van der Waals surface area contributed by atoms with Crippen molar-refractivity contribution in [1.82, 2.24) is 0 Å². The van der Waals surface area contributed by atoms with Crippen LogP contribution in [-0.4, -0.2) is 30.0 Å². The van der Waals surface area contributed by atoms with Crippen molar-refractivity contribution in [1.29, 1.82) is 0 Å². The fourth-order valence-electron chi connectivity index (χ4n) is 3.36.